The quantitative estimate of drug-likeness (QED) is 0.140. The lowest BCUT2D eigenvalue weighted by molar-refractivity contribution is 0.768. The first-order valence-electron chi connectivity index (χ1n) is 22.8. The Morgan fingerprint density at radius 2 is 0.727 bits per heavy atom. The lowest BCUT2D eigenvalue weighted by atomic mass is 9.67. The number of hydrogen-bond donors (Lipinski definition) is 0. The van der Waals surface area contributed by atoms with Crippen LogP contribution in [0.3, 0.4) is 0 Å². The second kappa shape index (κ2) is 16.6. The van der Waals surface area contributed by atoms with Gasteiger partial charge in [0.25, 0.3) is 0 Å². The van der Waals surface area contributed by atoms with E-state index in [1.807, 2.05) is 0 Å². The van der Waals surface area contributed by atoms with Crippen molar-refractivity contribution in [2.75, 3.05) is 4.90 Å². The topological polar surface area (TPSA) is 3.24 Å². The summed E-state index contributed by atoms with van der Waals surface area (Å²) in [5, 5.41) is 2.39. The van der Waals surface area contributed by atoms with Crippen LogP contribution in [0.5, 0.6) is 0 Å². The van der Waals surface area contributed by atoms with Crippen LogP contribution in [0.15, 0.2) is 273 Å². The van der Waals surface area contributed by atoms with Crippen molar-refractivity contribution in [2.24, 2.45) is 0 Å². The van der Waals surface area contributed by atoms with Crippen molar-refractivity contribution in [3.8, 4) is 55.6 Å². The third kappa shape index (κ3) is 6.39. The summed E-state index contributed by atoms with van der Waals surface area (Å²) in [4.78, 5) is 2.50. The lowest BCUT2D eigenvalue weighted by Crippen LogP contribution is -2.28. The molecule has 0 heterocycles. The molecule has 12 rings (SSSR count). The van der Waals surface area contributed by atoms with Gasteiger partial charge in [0.1, 0.15) is 0 Å². The average molecular weight is 840 g/mol. The first-order valence-corrected chi connectivity index (χ1v) is 22.8. The van der Waals surface area contributed by atoms with Gasteiger partial charge in [0, 0.05) is 16.6 Å². The number of rotatable bonds is 9. The molecule has 1 nitrogen and oxygen atoms in total. The smallest absolute Gasteiger partial charge is 0.0713 e. The molecule has 310 valence electrons. The number of anilines is 3. The monoisotopic (exact) mass is 839 g/mol. The minimum Gasteiger partial charge on any atom is -0.309 e. The Bertz CT molecular complexity index is 3470. The molecule has 11 aromatic carbocycles. The highest BCUT2D eigenvalue weighted by Gasteiger charge is 2.47. The SMILES string of the molecule is c1ccc(-c2ccccc2-c2ccc(-c3cccc4c3-c3ccccc3C4(c3ccccc3)c3ccccc3)c(N(c3ccccc3)c3ccc(-c4ccccc4)c4ccccc34)c2)cc1. The van der Waals surface area contributed by atoms with Crippen molar-refractivity contribution in [3.63, 3.8) is 0 Å². The maximum atomic E-state index is 2.50. The number of nitrogens with zero attached hydrogens (tertiary/aromatic N) is 1. The van der Waals surface area contributed by atoms with Crippen LogP contribution in [0.4, 0.5) is 17.1 Å². The summed E-state index contributed by atoms with van der Waals surface area (Å²) in [5.74, 6) is 0. The predicted octanol–water partition coefficient (Wildman–Crippen LogP) is 17.3. The second-order valence-corrected chi connectivity index (χ2v) is 17.1. The second-order valence-electron chi connectivity index (χ2n) is 17.1. The molecule has 1 heteroatoms. The number of benzene rings is 11. The molecule has 0 aromatic heterocycles. The highest BCUT2D eigenvalue weighted by Crippen LogP contribution is 2.59. The molecule has 0 radical (unpaired) electrons. The van der Waals surface area contributed by atoms with E-state index >= 15 is 0 Å². The summed E-state index contributed by atoms with van der Waals surface area (Å²) in [6, 6.07) is 100. The van der Waals surface area contributed by atoms with E-state index in [1.165, 1.54) is 77.5 Å². The fourth-order valence-electron chi connectivity index (χ4n) is 10.8. The van der Waals surface area contributed by atoms with Crippen LogP contribution in [0.1, 0.15) is 22.3 Å². The van der Waals surface area contributed by atoms with Crippen molar-refractivity contribution >= 4 is 27.8 Å². The molecule has 0 fully saturated rings. The summed E-state index contributed by atoms with van der Waals surface area (Å²) in [6.07, 6.45) is 0. The zero-order valence-corrected chi connectivity index (χ0v) is 36.4. The first kappa shape index (κ1) is 39.1. The normalized spacial score (nSPS) is 12.4. The van der Waals surface area contributed by atoms with Crippen LogP contribution in [0, 0.1) is 0 Å². The van der Waals surface area contributed by atoms with Crippen LogP contribution in [0.25, 0.3) is 66.4 Å². The number of para-hydroxylation sites is 1. The average Bonchev–Trinajstić information content (AvgIpc) is 3.71. The molecule has 0 atom stereocenters. The molecule has 0 saturated heterocycles. The van der Waals surface area contributed by atoms with E-state index < -0.39 is 5.41 Å². The van der Waals surface area contributed by atoms with Gasteiger partial charge in [0.2, 0.25) is 0 Å². The van der Waals surface area contributed by atoms with Gasteiger partial charge >= 0.3 is 0 Å². The first-order chi connectivity index (χ1) is 32.8. The van der Waals surface area contributed by atoms with Gasteiger partial charge in [0.15, 0.2) is 0 Å². The maximum absolute atomic E-state index is 2.50. The molecule has 11 aromatic rings. The Kier molecular flexibility index (Phi) is 9.81. The Labute approximate surface area is 387 Å². The molecule has 0 bridgehead atoms. The van der Waals surface area contributed by atoms with Crippen molar-refractivity contribution in [2.45, 2.75) is 5.41 Å². The van der Waals surface area contributed by atoms with Gasteiger partial charge in [-0.25, -0.2) is 0 Å². The van der Waals surface area contributed by atoms with Gasteiger partial charge in [-0.2, -0.15) is 0 Å². The van der Waals surface area contributed by atoms with Gasteiger partial charge < -0.3 is 4.90 Å². The van der Waals surface area contributed by atoms with E-state index in [4.69, 9.17) is 0 Å². The minimum absolute atomic E-state index is 0.526. The van der Waals surface area contributed by atoms with Gasteiger partial charge in [-0.05, 0) is 102 Å². The third-order valence-corrected chi connectivity index (χ3v) is 13.6. The molecule has 0 amide bonds. The fraction of sp³-hybridized carbons (Fsp3) is 0.0154. The van der Waals surface area contributed by atoms with Crippen molar-refractivity contribution in [1.82, 2.24) is 0 Å². The molecular weight excluding hydrogens is 795 g/mol. The van der Waals surface area contributed by atoms with Crippen molar-refractivity contribution in [1.29, 1.82) is 0 Å². The van der Waals surface area contributed by atoms with Crippen LogP contribution < -0.4 is 4.90 Å². The molecule has 1 aliphatic carbocycles. The van der Waals surface area contributed by atoms with Crippen LogP contribution in [-0.4, -0.2) is 0 Å². The van der Waals surface area contributed by atoms with E-state index in [2.05, 4.69) is 278 Å². The van der Waals surface area contributed by atoms with E-state index in [9.17, 15) is 0 Å². The highest BCUT2D eigenvalue weighted by molar-refractivity contribution is 6.08. The fourth-order valence-corrected chi connectivity index (χ4v) is 10.8. The Hall–Kier alpha value is -8.52. The molecular formula is C65H45N. The molecule has 0 N–H and O–H groups in total. The third-order valence-electron chi connectivity index (χ3n) is 13.6. The molecule has 0 aliphatic heterocycles. The molecule has 66 heavy (non-hydrogen) atoms. The van der Waals surface area contributed by atoms with Gasteiger partial charge in [-0.1, -0.05) is 249 Å². The molecule has 0 saturated carbocycles. The van der Waals surface area contributed by atoms with Gasteiger partial charge in [-0.3, -0.25) is 0 Å². The van der Waals surface area contributed by atoms with E-state index in [0.717, 1.165) is 28.2 Å². The Morgan fingerprint density at radius 3 is 1.38 bits per heavy atom. The molecule has 0 spiro atoms. The van der Waals surface area contributed by atoms with Crippen molar-refractivity contribution in [3.05, 3.63) is 295 Å². The number of hydrogen-bond acceptors (Lipinski definition) is 1. The largest absolute Gasteiger partial charge is 0.309 e. The van der Waals surface area contributed by atoms with Gasteiger partial charge in [-0.15, -0.1) is 0 Å². The van der Waals surface area contributed by atoms with E-state index in [-0.39, 0.29) is 0 Å². The standard InChI is InChI=1S/C65H45N/c1-6-23-46(24-7-1)52-33-16-17-34-53(52)48-41-42-57(58-38-22-40-61-64(58)59-37-20-21-39-60(59)65(61,49-27-10-3-11-28-49)50-29-12-4-13-30-50)63(45-48)66(51-31-14-5-15-32-51)62-44-43-54(47-25-8-2-9-26-47)55-35-18-19-36-56(55)62/h1-45H. The van der Waals surface area contributed by atoms with Crippen LogP contribution in [0.2, 0.25) is 0 Å². The summed E-state index contributed by atoms with van der Waals surface area (Å²) < 4.78 is 0. The van der Waals surface area contributed by atoms with E-state index in [1.54, 1.807) is 0 Å². The summed E-state index contributed by atoms with van der Waals surface area (Å²) in [7, 11) is 0. The zero-order chi connectivity index (χ0) is 43.9. The zero-order valence-electron chi connectivity index (χ0n) is 36.4. The summed E-state index contributed by atoms with van der Waals surface area (Å²) >= 11 is 0. The minimum atomic E-state index is -0.526. The maximum Gasteiger partial charge on any atom is 0.0713 e. The highest BCUT2D eigenvalue weighted by atomic mass is 15.1. The Morgan fingerprint density at radius 1 is 0.258 bits per heavy atom. The molecule has 0 unspecified atom stereocenters. The number of fused-ring (bicyclic) bond motifs is 4. The summed E-state index contributed by atoms with van der Waals surface area (Å²) in [6.45, 7) is 0. The van der Waals surface area contributed by atoms with Crippen LogP contribution in [-0.2, 0) is 5.41 Å². The molecule has 1 aliphatic rings. The van der Waals surface area contributed by atoms with Crippen LogP contribution >= 0.6 is 0 Å². The Balaban J connectivity index is 1.18. The summed E-state index contributed by atoms with van der Waals surface area (Å²) in [5.41, 5.74) is 19.9. The van der Waals surface area contributed by atoms with Crippen molar-refractivity contribution < 1.29 is 0 Å². The van der Waals surface area contributed by atoms with Gasteiger partial charge in [0.05, 0.1) is 16.8 Å². The lowest BCUT2D eigenvalue weighted by Gasteiger charge is -2.34. The predicted molar refractivity (Wildman–Crippen MR) is 278 cm³/mol. The van der Waals surface area contributed by atoms with E-state index in [0.29, 0.717) is 0 Å².